The number of piperazine rings is 1. The number of nitrogens with one attached hydrogen (secondary N) is 2. The molecule has 2 N–H and O–H groups in total. The lowest BCUT2D eigenvalue weighted by molar-refractivity contribution is 0.0389. The molecule has 3 aliphatic rings. The quantitative estimate of drug-likeness (QED) is 0.297. The Kier molecular flexibility index (Phi) is 10.1. The highest BCUT2D eigenvalue weighted by atomic mass is 127. The van der Waals surface area contributed by atoms with Gasteiger partial charge in [0.1, 0.15) is 0 Å². The van der Waals surface area contributed by atoms with E-state index in [-0.39, 0.29) is 24.0 Å². The van der Waals surface area contributed by atoms with E-state index in [0.29, 0.717) is 0 Å². The average molecular weight is 543 g/mol. The monoisotopic (exact) mass is 542 g/mol. The summed E-state index contributed by atoms with van der Waals surface area (Å²) in [5.41, 5.74) is 2.63. The highest BCUT2D eigenvalue weighted by Crippen LogP contribution is 2.30. The zero-order valence-corrected chi connectivity index (χ0v) is 21.2. The average Bonchev–Trinajstić information content (AvgIpc) is 3.62. The second-order valence-corrected chi connectivity index (χ2v) is 8.70. The van der Waals surface area contributed by atoms with Gasteiger partial charge in [-0.25, -0.2) is 0 Å². The number of rotatable bonds is 8. The number of benzene rings is 1. The zero-order chi connectivity index (χ0) is 20.6. The van der Waals surface area contributed by atoms with Gasteiger partial charge < -0.3 is 20.3 Å². The van der Waals surface area contributed by atoms with Crippen LogP contribution < -0.4 is 15.5 Å². The molecule has 0 radical (unpaired) electrons. The first kappa shape index (κ1) is 24.5. The maximum Gasteiger partial charge on any atom is 0.191 e. The van der Waals surface area contributed by atoms with Crippen LogP contribution in [0.3, 0.4) is 0 Å². The first-order valence-electron chi connectivity index (χ1n) is 11.6. The Labute approximate surface area is 204 Å². The van der Waals surface area contributed by atoms with E-state index in [4.69, 9.17) is 4.74 Å². The van der Waals surface area contributed by atoms with Gasteiger partial charge in [0.25, 0.3) is 0 Å². The number of morpholine rings is 1. The lowest BCUT2D eigenvalue weighted by atomic mass is 10.1. The normalized spacial score (nSPS) is 20.9. The highest BCUT2D eigenvalue weighted by Gasteiger charge is 2.26. The molecular formula is C23H39IN6O. The van der Waals surface area contributed by atoms with E-state index in [9.17, 15) is 0 Å². The lowest BCUT2D eigenvalue weighted by Gasteiger charge is -2.36. The number of guanidine groups is 1. The SMILES string of the molecule is CN=C(NCCN1CCOCC1)NCc1ccc(N2CCN(CC3CC3)CC2)cc1.I. The first-order valence-corrected chi connectivity index (χ1v) is 11.6. The largest absolute Gasteiger partial charge is 0.379 e. The van der Waals surface area contributed by atoms with Crippen molar-refractivity contribution in [1.29, 1.82) is 0 Å². The van der Waals surface area contributed by atoms with Crippen molar-refractivity contribution >= 4 is 35.6 Å². The Bertz CT molecular complexity index is 667. The van der Waals surface area contributed by atoms with Crippen LogP contribution in [-0.2, 0) is 11.3 Å². The third kappa shape index (κ3) is 8.07. The van der Waals surface area contributed by atoms with Gasteiger partial charge >= 0.3 is 0 Å². The molecule has 1 saturated carbocycles. The van der Waals surface area contributed by atoms with Crippen molar-refractivity contribution in [3.63, 3.8) is 0 Å². The molecule has 2 heterocycles. The van der Waals surface area contributed by atoms with Gasteiger partial charge in [0.2, 0.25) is 0 Å². The number of hydrogen-bond acceptors (Lipinski definition) is 5. The molecule has 31 heavy (non-hydrogen) atoms. The smallest absolute Gasteiger partial charge is 0.191 e. The Hall–Kier alpha value is -1.10. The van der Waals surface area contributed by atoms with Crippen LogP contribution >= 0.6 is 24.0 Å². The predicted octanol–water partition coefficient (Wildman–Crippen LogP) is 1.83. The summed E-state index contributed by atoms with van der Waals surface area (Å²) in [5, 5.41) is 6.84. The molecule has 3 fully saturated rings. The Morgan fingerprint density at radius 2 is 1.68 bits per heavy atom. The number of ether oxygens (including phenoxy) is 1. The van der Waals surface area contributed by atoms with E-state index in [1.807, 2.05) is 7.05 Å². The van der Waals surface area contributed by atoms with Gasteiger partial charge in [-0.1, -0.05) is 12.1 Å². The Morgan fingerprint density at radius 1 is 0.968 bits per heavy atom. The summed E-state index contributed by atoms with van der Waals surface area (Å²) in [6.45, 7) is 12.4. The molecule has 8 heteroatoms. The van der Waals surface area contributed by atoms with Gasteiger partial charge in [-0.2, -0.15) is 0 Å². The van der Waals surface area contributed by atoms with Crippen LogP contribution in [0.2, 0.25) is 0 Å². The van der Waals surface area contributed by atoms with Crippen LogP contribution in [0, 0.1) is 5.92 Å². The minimum Gasteiger partial charge on any atom is -0.379 e. The molecule has 0 aromatic heterocycles. The molecule has 0 amide bonds. The number of nitrogens with zero attached hydrogens (tertiary/aromatic N) is 4. The van der Waals surface area contributed by atoms with E-state index in [1.165, 1.54) is 43.7 Å². The molecule has 2 saturated heterocycles. The summed E-state index contributed by atoms with van der Waals surface area (Å²) < 4.78 is 5.40. The molecule has 0 spiro atoms. The van der Waals surface area contributed by atoms with Gasteiger partial charge in [0, 0.05) is 78.2 Å². The van der Waals surface area contributed by atoms with Crippen molar-refractivity contribution in [1.82, 2.24) is 20.4 Å². The lowest BCUT2D eigenvalue weighted by Crippen LogP contribution is -2.47. The number of aliphatic imine (C=N–C) groups is 1. The topological polar surface area (TPSA) is 55.4 Å². The van der Waals surface area contributed by atoms with E-state index >= 15 is 0 Å². The van der Waals surface area contributed by atoms with Crippen molar-refractivity contribution < 1.29 is 4.74 Å². The predicted molar refractivity (Wildman–Crippen MR) is 139 cm³/mol. The van der Waals surface area contributed by atoms with Crippen LogP contribution in [0.4, 0.5) is 5.69 Å². The van der Waals surface area contributed by atoms with Gasteiger partial charge in [-0.15, -0.1) is 24.0 Å². The van der Waals surface area contributed by atoms with Crippen LogP contribution in [0.25, 0.3) is 0 Å². The maximum atomic E-state index is 5.40. The summed E-state index contributed by atoms with van der Waals surface area (Å²) in [6, 6.07) is 9.00. The summed E-state index contributed by atoms with van der Waals surface area (Å²) in [4.78, 5) is 11.9. The van der Waals surface area contributed by atoms with Crippen LogP contribution in [-0.4, -0.2) is 94.9 Å². The molecule has 0 unspecified atom stereocenters. The van der Waals surface area contributed by atoms with E-state index in [1.54, 1.807) is 0 Å². The summed E-state index contributed by atoms with van der Waals surface area (Å²) in [5.74, 6) is 1.85. The zero-order valence-electron chi connectivity index (χ0n) is 18.9. The summed E-state index contributed by atoms with van der Waals surface area (Å²) in [6.07, 6.45) is 2.90. The molecule has 0 atom stereocenters. The van der Waals surface area contributed by atoms with Crippen LogP contribution in [0.1, 0.15) is 18.4 Å². The van der Waals surface area contributed by atoms with Crippen molar-refractivity contribution in [3.05, 3.63) is 29.8 Å². The van der Waals surface area contributed by atoms with E-state index < -0.39 is 0 Å². The first-order chi connectivity index (χ1) is 14.8. The maximum absolute atomic E-state index is 5.40. The van der Waals surface area contributed by atoms with Gasteiger partial charge in [0.05, 0.1) is 13.2 Å². The molecule has 1 aromatic rings. The number of halogens is 1. The van der Waals surface area contributed by atoms with Gasteiger partial charge in [-0.05, 0) is 36.5 Å². The summed E-state index contributed by atoms with van der Waals surface area (Å²) >= 11 is 0. The second kappa shape index (κ2) is 12.8. The van der Waals surface area contributed by atoms with Crippen molar-refractivity contribution in [2.75, 3.05) is 84.1 Å². The summed E-state index contributed by atoms with van der Waals surface area (Å²) in [7, 11) is 1.83. The Balaban J connectivity index is 0.00000272. The van der Waals surface area contributed by atoms with Gasteiger partial charge in [-0.3, -0.25) is 14.8 Å². The highest BCUT2D eigenvalue weighted by molar-refractivity contribution is 14.0. The fourth-order valence-electron chi connectivity index (χ4n) is 4.24. The third-order valence-corrected chi connectivity index (χ3v) is 6.39. The molecule has 4 rings (SSSR count). The fourth-order valence-corrected chi connectivity index (χ4v) is 4.24. The van der Waals surface area contributed by atoms with Gasteiger partial charge in [0.15, 0.2) is 5.96 Å². The van der Waals surface area contributed by atoms with E-state index in [0.717, 1.165) is 70.9 Å². The standard InChI is InChI=1S/C23H38N6O.HI/c1-24-23(25-8-9-27-14-16-30-17-15-27)26-18-20-4-6-22(7-5-20)29-12-10-28(11-13-29)19-21-2-3-21;/h4-7,21H,2-3,8-19H2,1H3,(H2,24,25,26);1H. The minimum atomic E-state index is 0. The molecule has 2 aliphatic heterocycles. The van der Waals surface area contributed by atoms with E-state index in [2.05, 4.69) is 54.6 Å². The number of anilines is 1. The van der Waals surface area contributed by atoms with Crippen molar-refractivity contribution in [2.24, 2.45) is 10.9 Å². The van der Waals surface area contributed by atoms with Crippen LogP contribution in [0.15, 0.2) is 29.3 Å². The number of hydrogen-bond donors (Lipinski definition) is 2. The molecule has 1 aromatic carbocycles. The fraction of sp³-hybridized carbons (Fsp3) is 0.696. The molecule has 7 nitrogen and oxygen atoms in total. The molecule has 1 aliphatic carbocycles. The second-order valence-electron chi connectivity index (χ2n) is 8.70. The van der Waals surface area contributed by atoms with Crippen molar-refractivity contribution in [3.8, 4) is 0 Å². The molecule has 174 valence electrons. The third-order valence-electron chi connectivity index (χ3n) is 6.39. The minimum absolute atomic E-state index is 0. The molecule has 0 bridgehead atoms. The van der Waals surface area contributed by atoms with Crippen LogP contribution in [0.5, 0.6) is 0 Å². The molecular weight excluding hydrogens is 503 g/mol. The van der Waals surface area contributed by atoms with Crippen molar-refractivity contribution in [2.45, 2.75) is 19.4 Å². The Morgan fingerprint density at radius 3 is 2.32 bits per heavy atom.